The third kappa shape index (κ3) is 5.74. The lowest BCUT2D eigenvalue weighted by Gasteiger charge is -2.31. The summed E-state index contributed by atoms with van der Waals surface area (Å²) in [7, 11) is -3.32. The zero-order chi connectivity index (χ0) is 19.3. The van der Waals surface area contributed by atoms with Gasteiger partial charge in [-0.15, -0.1) is 0 Å². The van der Waals surface area contributed by atoms with Crippen molar-refractivity contribution in [2.24, 2.45) is 0 Å². The number of aromatic nitrogens is 2. The Bertz CT molecular complexity index is 703. The zero-order valence-electron chi connectivity index (χ0n) is 15.9. The lowest BCUT2D eigenvalue weighted by Crippen LogP contribution is -2.47. The van der Waals surface area contributed by atoms with Gasteiger partial charge in [-0.1, -0.05) is 0 Å². The van der Waals surface area contributed by atoms with Crippen LogP contribution in [0, 0.1) is 0 Å². The van der Waals surface area contributed by atoms with Gasteiger partial charge in [0.05, 0.1) is 19.5 Å². The minimum absolute atomic E-state index is 0.0506. The molecule has 2 aliphatic rings. The van der Waals surface area contributed by atoms with E-state index in [2.05, 4.69) is 10.00 Å². The molecule has 1 aromatic heterocycles. The monoisotopic (exact) mass is 399 g/mol. The highest BCUT2D eigenvalue weighted by atomic mass is 32.2. The number of hydrogen-bond donors (Lipinski definition) is 0. The van der Waals surface area contributed by atoms with E-state index in [0.717, 1.165) is 13.1 Å². The first-order chi connectivity index (χ1) is 12.9. The number of rotatable bonds is 8. The van der Waals surface area contributed by atoms with Crippen LogP contribution in [0.25, 0.3) is 0 Å². The predicted molar refractivity (Wildman–Crippen MR) is 101 cm³/mol. The van der Waals surface area contributed by atoms with Crippen LogP contribution >= 0.6 is 0 Å². The van der Waals surface area contributed by atoms with E-state index in [1.807, 2.05) is 12.3 Å². The highest BCUT2D eigenvalue weighted by Gasteiger charge is 2.34. The summed E-state index contributed by atoms with van der Waals surface area (Å²) in [5.74, 6) is 0.0506. The second-order valence-electron chi connectivity index (χ2n) is 7.13. The molecule has 152 valence electrons. The highest BCUT2D eigenvalue weighted by Crippen LogP contribution is 2.19. The number of morpholine rings is 1. The van der Waals surface area contributed by atoms with E-state index < -0.39 is 10.0 Å². The van der Waals surface area contributed by atoms with Crippen molar-refractivity contribution >= 4 is 15.9 Å². The average molecular weight is 400 g/mol. The number of carbonyl (C=O) groups is 1. The molecule has 2 aliphatic heterocycles. The fourth-order valence-electron chi connectivity index (χ4n) is 3.69. The van der Waals surface area contributed by atoms with Gasteiger partial charge >= 0.3 is 0 Å². The van der Waals surface area contributed by atoms with Crippen LogP contribution in [0.5, 0.6) is 0 Å². The summed E-state index contributed by atoms with van der Waals surface area (Å²) in [6, 6.07) is 1.68. The maximum atomic E-state index is 12.5. The standard InChI is InChI=1S/C17H29N5O4S/c1-27(24,25)22(10-9-19-11-13-26-14-12-19)16-3-7-20(15-16)17(23)4-8-21-6-2-5-18-21/h2,5-6,16H,3-4,7-15H2,1H3. The van der Waals surface area contributed by atoms with Crippen molar-refractivity contribution in [1.82, 2.24) is 23.9 Å². The van der Waals surface area contributed by atoms with E-state index in [1.165, 1.54) is 6.26 Å². The molecule has 1 atom stereocenters. The van der Waals surface area contributed by atoms with Gasteiger partial charge in [0.2, 0.25) is 15.9 Å². The molecular weight excluding hydrogens is 370 g/mol. The van der Waals surface area contributed by atoms with E-state index in [-0.39, 0.29) is 11.9 Å². The Kier molecular flexibility index (Phi) is 6.85. The van der Waals surface area contributed by atoms with Crippen LogP contribution in [0.3, 0.4) is 0 Å². The molecule has 0 spiro atoms. The summed E-state index contributed by atoms with van der Waals surface area (Å²) >= 11 is 0. The summed E-state index contributed by atoms with van der Waals surface area (Å²) in [5, 5.41) is 4.10. The number of carbonyl (C=O) groups excluding carboxylic acids is 1. The molecule has 0 bridgehead atoms. The van der Waals surface area contributed by atoms with E-state index in [9.17, 15) is 13.2 Å². The molecule has 27 heavy (non-hydrogen) atoms. The number of aryl methyl sites for hydroxylation is 1. The Morgan fingerprint density at radius 3 is 2.70 bits per heavy atom. The van der Waals surface area contributed by atoms with Crippen LogP contribution in [0.1, 0.15) is 12.8 Å². The van der Waals surface area contributed by atoms with Crippen molar-refractivity contribution in [1.29, 1.82) is 0 Å². The minimum atomic E-state index is -3.32. The second kappa shape index (κ2) is 9.13. The number of nitrogens with zero attached hydrogens (tertiary/aromatic N) is 5. The third-order valence-corrected chi connectivity index (χ3v) is 6.54. The Balaban J connectivity index is 1.52. The zero-order valence-corrected chi connectivity index (χ0v) is 16.7. The van der Waals surface area contributed by atoms with Crippen LogP contribution in [-0.4, -0.2) is 103 Å². The number of likely N-dealkylation sites (tertiary alicyclic amines) is 1. The maximum Gasteiger partial charge on any atom is 0.224 e. The molecule has 3 rings (SSSR count). The smallest absolute Gasteiger partial charge is 0.224 e. The number of hydrogen-bond acceptors (Lipinski definition) is 6. The quantitative estimate of drug-likeness (QED) is 0.584. The fourth-order valence-corrected chi connectivity index (χ4v) is 4.82. The Morgan fingerprint density at radius 2 is 2.04 bits per heavy atom. The number of ether oxygens (including phenoxy) is 1. The van der Waals surface area contributed by atoms with Crippen molar-refractivity contribution in [3.63, 3.8) is 0 Å². The third-order valence-electron chi connectivity index (χ3n) is 5.20. The lowest BCUT2D eigenvalue weighted by molar-refractivity contribution is -0.130. The van der Waals surface area contributed by atoms with Gasteiger partial charge in [0.15, 0.2) is 0 Å². The molecule has 9 nitrogen and oxygen atoms in total. The van der Waals surface area contributed by atoms with Crippen molar-refractivity contribution < 1.29 is 17.9 Å². The molecule has 1 unspecified atom stereocenters. The molecule has 0 saturated carbocycles. The molecule has 2 saturated heterocycles. The van der Waals surface area contributed by atoms with Gasteiger partial charge in [0.1, 0.15) is 0 Å². The van der Waals surface area contributed by atoms with Crippen LogP contribution in [0.15, 0.2) is 18.5 Å². The summed E-state index contributed by atoms with van der Waals surface area (Å²) < 4.78 is 33.3. The van der Waals surface area contributed by atoms with Gasteiger partial charge in [-0.05, 0) is 12.5 Å². The summed E-state index contributed by atoms with van der Waals surface area (Å²) in [5.41, 5.74) is 0. The van der Waals surface area contributed by atoms with Gasteiger partial charge in [0.25, 0.3) is 0 Å². The topological polar surface area (TPSA) is 88.0 Å². The van der Waals surface area contributed by atoms with Crippen LogP contribution in [-0.2, 0) is 26.1 Å². The molecule has 2 fully saturated rings. The second-order valence-corrected chi connectivity index (χ2v) is 9.06. The van der Waals surface area contributed by atoms with Gasteiger partial charge in [-0.3, -0.25) is 14.4 Å². The van der Waals surface area contributed by atoms with Crippen molar-refractivity contribution in [2.75, 3.05) is 58.7 Å². The minimum Gasteiger partial charge on any atom is -0.379 e. The molecule has 0 aliphatic carbocycles. The van der Waals surface area contributed by atoms with Crippen molar-refractivity contribution in [3.8, 4) is 0 Å². The Labute approximate surface area is 160 Å². The highest BCUT2D eigenvalue weighted by molar-refractivity contribution is 7.88. The number of sulfonamides is 1. The lowest BCUT2D eigenvalue weighted by atomic mass is 10.2. The van der Waals surface area contributed by atoms with Gasteiger partial charge in [-0.2, -0.15) is 9.40 Å². The SMILES string of the molecule is CS(=O)(=O)N(CCN1CCOCC1)C1CCN(C(=O)CCn2cccn2)C1. The molecule has 0 aromatic carbocycles. The van der Waals surface area contributed by atoms with Crippen LogP contribution < -0.4 is 0 Å². The van der Waals surface area contributed by atoms with Crippen LogP contribution in [0.4, 0.5) is 0 Å². The van der Waals surface area contributed by atoms with Crippen LogP contribution in [0.2, 0.25) is 0 Å². The molecular formula is C17H29N5O4S. The first-order valence-corrected chi connectivity index (χ1v) is 11.3. The van der Waals surface area contributed by atoms with Crippen molar-refractivity contribution in [3.05, 3.63) is 18.5 Å². The summed E-state index contributed by atoms with van der Waals surface area (Å²) in [4.78, 5) is 16.5. The molecule has 1 amide bonds. The van der Waals surface area contributed by atoms with E-state index in [4.69, 9.17) is 4.74 Å². The normalized spacial score (nSPS) is 21.9. The van der Waals surface area contributed by atoms with Gasteiger partial charge < -0.3 is 9.64 Å². The van der Waals surface area contributed by atoms with Crippen molar-refractivity contribution in [2.45, 2.75) is 25.4 Å². The van der Waals surface area contributed by atoms with Gasteiger partial charge in [0, 0.05) is 70.7 Å². The predicted octanol–water partition coefficient (Wildman–Crippen LogP) is -0.532. The number of amides is 1. The maximum absolute atomic E-state index is 12.5. The molecule has 10 heteroatoms. The average Bonchev–Trinajstić information content (AvgIpc) is 3.32. The summed E-state index contributed by atoms with van der Waals surface area (Å²) in [6.07, 6.45) is 5.84. The van der Waals surface area contributed by atoms with E-state index in [1.54, 1.807) is 20.1 Å². The largest absolute Gasteiger partial charge is 0.379 e. The summed E-state index contributed by atoms with van der Waals surface area (Å²) in [6.45, 7) is 5.82. The van der Waals surface area contributed by atoms with E-state index in [0.29, 0.717) is 58.8 Å². The van der Waals surface area contributed by atoms with E-state index >= 15 is 0 Å². The van der Waals surface area contributed by atoms with Gasteiger partial charge in [-0.25, -0.2) is 8.42 Å². The molecule has 0 radical (unpaired) electrons. The first kappa shape index (κ1) is 20.2. The molecule has 0 N–H and O–H groups in total. The Hall–Kier alpha value is -1.49. The molecule has 3 heterocycles. The Morgan fingerprint density at radius 1 is 1.26 bits per heavy atom. The fraction of sp³-hybridized carbons (Fsp3) is 0.765. The molecule has 1 aromatic rings. The first-order valence-electron chi connectivity index (χ1n) is 9.45.